The van der Waals surface area contributed by atoms with E-state index >= 15 is 0 Å². The van der Waals surface area contributed by atoms with Crippen molar-refractivity contribution in [1.29, 1.82) is 0 Å². The zero-order chi connectivity index (χ0) is 14.5. The van der Waals surface area contributed by atoms with Crippen LogP contribution in [0.15, 0.2) is 24.3 Å². The van der Waals surface area contributed by atoms with Gasteiger partial charge in [0.2, 0.25) is 5.91 Å². The number of ether oxygens (including phenoxy) is 2. The van der Waals surface area contributed by atoms with Crippen molar-refractivity contribution in [2.45, 2.75) is 25.5 Å². The molecule has 0 bridgehead atoms. The van der Waals surface area contributed by atoms with Crippen LogP contribution in [0.3, 0.4) is 0 Å². The highest BCUT2D eigenvalue weighted by atomic mass is 35.5. The van der Waals surface area contributed by atoms with Crippen LogP contribution in [0, 0.1) is 5.92 Å². The molecule has 1 N–H and O–H groups in total. The molecular weight excluding hydrogens is 278 g/mol. The molecule has 3 atom stereocenters. The van der Waals surface area contributed by atoms with E-state index in [4.69, 9.17) is 21.1 Å². The fourth-order valence-corrected chi connectivity index (χ4v) is 2.57. The summed E-state index contributed by atoms with van der Waals surface area (Å²) >= 11 is 5.89. The zero-order valence-corrected chi connectivity index (χ0v) is 12.5. The molecule has 4 nitrogen and oxygen atoms in total. The normalized spacial score (nSPS) is 21.4. The van der Waals surface area contributed by atoms with E-state index in [1.54, 1.807) is 7.11 Å². The summed E-state index contributed by atoms with van der Waals surface area (Å²) in [5.74, 6) is -0.00816. The first-order chi connectivity index (χ1) is 9.61. The zero-order valence-electron chi connectivity index (χ0n) is 11.8. The average molecular weight is 298 g/mol. The smallest absolute Gasteiger partial charge is 0.225 e. The highest BCUT2D eigenvalue weighted by Crippen LogP contribution is 2.23. The summed E-state index contributed by atoms with van der Waals surface area (Å²) in [6.07, 6.45) is 0.593. The van der Waals surface area contributed by atoms with Crippen molar-refractivity contribution in [3.63, 3.8) is 0 Å². The second kappa shape index (κ2) is 7.07. The Balaban J connectivity index is 1.99. The van der Waals surface area contributed by atoms with Crippen LogP contribution in [-0.4, -0.2) is 32.3 Å². The summed E-state index contributed by atoms with van der Waals surface area (Å²) in [6.45, 7) is 3.12. The predicted molar refractivity (Wildman–Crippen MR) is 77.7 cm³/mol. The third kappa shape index (κ3) is 3.72. The van der Waals surface area contributed by atoms with E-state index < -0.39 is 0 Å². The maximum Gasteiger partial charge on any atom is 0.225 e. The topological polar surface area (TPSA) is 47.6 Å². The van der Waals surface area contributed by atoms with Crippen molar-refractivity contribution >= 4 is 17.5 Å². The van der Waals surface area contributed by atoms with Crippen molar-refractivity contribution in [2.75, 3.05) is 20.3 Å². The van der Waals surface area contributed by atoms with Gasteiger partial charge < -0.3 is 14.8 Å². The fraction of sp³-hybridized carbons (Fsp3) is 0.533. The molecule has 0 radical (unpaired) electrons. The summed E-state index contributed by atoms with van der Waals surface area (Å²) in [6, 6.07) is 7.36. The summed E-state index contributed by atoms with van der Waals surface area (Å²) in [5.41, 5.74) is 0.993. The van der Waals surface area contributed by atoms with Gasteiger partial charge in [-0.15, -0.1) is 0 Å². The number of halogens is 1. The van der Waals surface area contributed by atoms with Crippen molar-refractivity contribution in [1.82, 2.24) is 5.32 Å². The Morgan fingerprint density at radius 3 is 2.70 bits per heavy atom. The Labute approximate surface area is 124 Å². The van der Waals surface area contributed by atoms with Crippen LogP contribution in [0.4, 0.5) is 0 Å². The van der Waals surface area contributed by atoms with E-state index in [2.05, 4.69) is 5.32 Å². The molecule has 1 heterocycles. The molecule has 2 rings (SSSR count). The van der Waals surface area contributed by atoms with Gasteiger partial charge in [-0.25, -0.2) is 0 Å². The number of carbonyl (C=O) groups is 1. The first-order valence-electron chi connectivity index (χ1n) is 6.78. The number of nitrogens with one attached hydrogen (secondary N) is 1. The second-order valence-electron chi connectivity index (χ2n) is 5.07. The van der Waals surface area contributed by atoms with Gasteiger partial charge in [0.25, 0.3) is 0 Å². The SMILES string of the molecule is CO[C@H](c1ccc(Cl)cc1)[C@@H](C)NC(=O)[C@H]1CCOC1. The van der Waals surface area contributed by atoms with Crippen molar-refractivity contribution in [3.05, 3.63) is 34.9 Å². The molecule has 0 spiro atoms. The largest absolute Gasteiger partial charge is 0.381 e. The third-order valence-electron chi connectivity index (χ3n) is 3.58. The number of hydrogen-bond acceptors (Lipinski definition) is 3. The summed E-state index contributed by atoms with van der Waals surface area (Å²) < 4.78 is 10.8. The van der Waals surface area contributed by atoms with Gasteiger partial charge in [0.05, 0.1) is 18.6 Å². The molecular formula is C15H20ClNO3. The van der Waals surface area contributed by atoms with Crippen LogP contribution < -0.4 is 5.32 Å². The second-order valence-corrected chi connectivity index (χ2v) is 5.50. The summed E-state index contributed by atoms with van der Waals surface area (Å²) in [4.78, 5) is 12.1. The molecule has 1 fully saturated rings. The van der Waals surface area contributed by atoms with Crippen LogP contribution in [0.1, 0.15) is 25.0 Å². The van der Waals surface area contributed by atoms with Crippen molar-refractivity contribution < 1.29 is 14.3 Å². The number of benzene rings is 1. The molecule has 1 saturated heterocycles. The van der Waals surface area contributed by atoms with Crippen LogP contribution >= 0.6 is 11.6 Å². The Kier molecular flexibility index (Phi) is 5.40. The van der Waals surface area contributed by atoms with Gasteiger partial charge in [0, 0.05) is 18.7 Å². The molecule has 20 heavy (non-hydrogen) atoms. The lowest BCUT2D eigenvalue weighted by atomic mass is 10.0. The first kappa shape index (κ1) is 15.3. The number of hydrogen-bond donors (Lipinski definition) is 1. The van der Waals surface area contributed by atoms with Crippen LogP contribution in [0.2, 0.25) is 5.02 Å². The predicted octanol–water partition coefficient (Wildman–Crippen LogP) is 2.57. The standard InChI is InChI=1S/C15H20ClNO3/c1-10(17-15(18)12-7-8-20-9-12)14(19-2)11-3-5-13(16)6-4-11/h3-6,10,12,14H,7-9H2,1-2H3,(H,17,18)/t10-,12+,14+/m1/s1. The number of amides is 1. The van der Waals surface area contributed by atoms with Crippen LogP contribution in [-0.2, 0) is 14.3 Å². The summed E-state index contributed by atoms with van der Waals surface area (Å²) in [5, 5.41) is 3.69. The van der Waals surface area contributed by atoms with Gasteiger partial charge in [0.15, 0.2) is 0 Å². The van der Waals surface area contributed by atoms with Gasteiger partial charge in [-0.05, 0) is 31.0 Å². The van der Waals surface area contributed by atoms with Crippen LogP contribution in [0.5, 0.6) is 0 Å². The lowest BCUT2D eigenvalue weighted by molar-refractivity contribution is -0.126. The quantitative estimate of drug-likeness (QED) is 0.908. The molecule has 0 aliphatic carbocycles. The number of rotatable bonds is 5. The lowest BCUT2D eigenvalue weighted by Gasteiger charge is -2.25. The molecule has 1 amide bonds. The maximum atomic E-state index is 12.1. The molecule has 0 saturated carbocycles. The third-order valence-corrected chi connectivity index (χ3v) is 3.83. The molecule has 1 aliphatic heterocycles. The number of carbonyl (C=O) groups excluding carboxylic acids is 1. The van der Waals surface area contributed by atoms with Gasteiger partial charge in [-0.3, -0.25) is 4.79 Å². The van der Waals surface area contributed by atoms with E-state index in [1.165, 1.54) is 0 Å². The van der Waals surface area contributed by atoms with Crippen LogP contribution in [0.25, 0.3) is 0 Å². The number of methoxy groups -OCH3 is 1. The Morgan fingerprint density at radius 2 is 2.15 bits per heavy atom. The highest BCUT2D eigenvalue weighted by molar-refractivity contribution is 6.30. The minimum atomic E-state index is -0.196. The minimum Gasteiger partial charge on any atom is -0.381 e. The monoisotopic (exact) mass is 297 g/mol. The van der Waals surface area contributed by atoms with E-state index in [0.717, 1.165) is 12.0 Å². The molecule has 5 heteroatoms. The van der Waals surface area contributed by atoms with Gasteiger partial charge in [-0.2, -0.15) is 0 Å². The van der Waals surface area contributed by atoms with Crippen molar-refractivity contribution in [3.8, 4) is 0 Å². The van der Waals surface area contributed by atoms with Gasteiger partial charge in [-0.1, -0.05) is 23.7 Å². The van der Waals surface area contributed by atoms with E-state index in [9.17, 15) is 4.79 Å². The molecule has 0 aromatic heterocycles. The van der Waals surface area contributed by atoms with E-state index in [0.29, 0.717) is 18.2 Å². The van der Waals surface area contributed by atoms with E-state index in [1.807, 2.05) is 31.2 Å². The summed E-state index contributed by atoms with van der Waals surface area (Å²) in [7, 11) is 1.64. The molecule has 1 aromatic carbocycles. The van der Waals surface area contributed by atoms with Gasteiger partial charge in [0.1, 0.15) is 6.10 Å². The molecule has 110 valence electrons. The average Bonchev–Trinajstić information content (AvgIpc) is 2.96. The minimum absolute atomic E-state index is 0.0333. The maximum absolute atomic E-state index is 12.1. The molecule has 1 aliphatic rings. The Hall–Kier alpha value is -1.10. The lowest BCUT2D eigenvalue weighted by Crippen LogP contribution is -2.41. The molecule has 0 unspecified atom stereocenters. The Bertz CT molecular complexity index is 443. The van der Waals surface area contributed by atoms with E-state index in [-0.39, 0.29) is 24.0 Å². The fourth-order valence-electron chi connectivity index (χ4n) is 2.44. The first-order valence-corrected chi connectivity index (χ1v) is 7.16. The Morgan fingerprint density at radius 1 is 1.45 bits per heavy atom. The highest BCUT2D eigenvalue weighted by Gasteiger charge is 2.27. The van der Waals surface area contributed by atoms with Gasteiger partial charge >= 0.3 is 0 Å². The van der Waals surface area contributed by atoms with Crippen molar-refractivity contribution in [2.24, 2.45) is 5.92 Å². The molecule has 1 aromatic rings.